The van der Waals surface area contributed by atoms with Crippen LogP contribution in [0.2, 0.25) is 0 Å². The first-order chi connectivity index (χ1) is 62.1. The lowest BCUT2D eigenvalue weighted by Gasteiger charge is -2.28. The van der Waals surface area contributed by atoms with E-state index in [0.29, 0.717) is 0 Å². The number of para-hydroxylation sites is 4. The fraction of sp³-hybridized carbons (Fsp3) is 0.0169. The molecule has 0 aliphatic heterocycles. The number of anilines is 12. The molecular weight excluding hydrogens is 1530 g/mol. The average molecular weight is 1620 g/mol. The number of aryl methyl sites for hydroxylation is 2. The van der Waals surface area contributed by atoms with Gasteiger partial charge in [0.15, 0.2) is 0 Å². The van der Waals surface area contributed by atoms with E-state index in [1.165, 1.54) is 65.6 Å². The van der Waals surface area contributed by atoms with Gasteiger partial charge in [-0.15, -0.1) is 0 Å². The highest BCUT2D eigenvalue weighted by molar-refractivity contribution is 6.09. The topological polar surface area (TPSA) is 48.6 Å². The maximum atomic E-state index is 4.70. The molecule has 4 aromatic heterocycles. The van der Waals surface area contributed by atoms with E-state index < -0.39 is 0 Å². The molecule has 21 rings (SSSR count). The Morgan fingerprint density at radius 2 is 0.516 bits per heavy atom. The molecule has 0 aliphatic carbocycles. The van der Waals surface area contributed by atoms with Crippen LogP contribution in [0.15, 0.2) is 463 Å². The Bertz CT molecular complexity index is 7020. The fourth-order valence-electron chi connectivity index (χ4n) is 17.5. The van der Waals surface area contributed by atoms with Crippen molar-refractivity contribution >= 4 is 158 Å². The van der Waals surface area contributed by atoms with Gasteiger partial charge in [-0.25, -0.2) is 0 Å². The lowest BCUT2D eigenvalue weighted by atomic mass is 9.95. The van der Waals surface area contributed by atoms with Crippen molar-refractivity contribution in [3.8, 4) is 33.6 Å². The minimum absolute atomic E-state index is 1.03. The van der Waals surface area contributed by atoms with Crippen LogP contribution in [0, 0.1) is 13.8 Å². The first-order valence-electron chi connectivity index (χ1n) is 42.5. The van der Waals surface area contributed by atoms with Gasteiger partial charge in [0.1, 0.15) is 0 Å². The third kappa shape index (κ3) is 15.8. The van der Waals surface area contributed by atoms with Gasteiger partial charge in [-0.1, -0.05) is 281 Å². The minimum Gasteiger partial charge on any atom is -0.310 e. The highest BCUT2D eigenvalue weighted by Crippen LogP contribution is 2.46. The summed E-state index contributed by atoms with van der Waals surface area (Å²) in [5.74, 6) is 0. The lowest BCUT2D eigenvalue weighted by molar-refractivity contribution is 1.16. The van der Waals surface area contributed by atoms with Crippen molar-refractivity contribution in [3.05, 3.63) is 497 Å². The van der Waals surface area contributed by atoms with E-state index in [1.54, 1.807) is 0 Å². The molecular formula is C118H90N8. The second kappa shape index (κ2) is 35.6. The molecule has 21 aromatic rings. The normalized spacial score (nSPS) is 11.1. The van der Waals surface area contributed by atoms with E-state index in [4.69, 9.17) is 9.97 Å². The van der Waals surface area contributed by atoms with Crippen molar-refractivity contribution in [1.29, 1.82) is 0 Å². The Balaban J connectivity index is 0.000000125. The fourth-order valence-corrected chi connectivity index (χ4v) is 17.5. The number of pyridine rings is 2. The maximum absolute atomic E-state index is 4.70. The third-order valence-corrected chi connectivity index (χ3v) is 23.5. The summed E-state index contributed by atoms with van der Waals surface area (Å²) in [6.45, 7) is 20.3. The van der Waals surface area contributed by atoms with Gasteiger partial charge >= 0.3 is 0 Å². The van der Waals surface area contributed by atoms with Gasteiger partial charge in [0.25, 0.3) is 0 Å². The number of hydrogen-bond donors (Lipinski definition) is 0. The summed E-state index contributed by atoms with van der Waals surface area (Å²) in [5, 5.41) is 7.17. The summed E-state index contributed by atoms with van der Waals surface area (Å²) in [7, 11) is 0. The molecule has 0 saturated heterocycles. The molecule has 8 nitrogen and oxygen atoms in total. The zero-order valence-electron chi connectivity index (χ0n) is 70.3. The molecule has 0 aliphatic rings. The third-order valence-electron chi connectivity index (χ3n) is 23.5. The van der Waals surface area contributed by atoms with Crippen LogP contribution < -0.4 is 19.6 Å². The number of nitrogens with zero attached hydrogens (tertiary/aromatic N) is 8. The molecule has 0 saturated carbocycles. The van der Waals surface area contributed by atoms with Gasteiger partial charge in [-0.3, -0.25) is 9.97 Å². The first kappa shape index (κ1) is 79.1. The summed E-state index contributed by atoms with van der Waals surface area (Å²) in [5.41, 5.74) is 33.7. The summed E-state index contributed by atoms with van der Waals surface area (Å²) in [4.78, 5) is 18.6. The summed E-state index contributed by atoms with van der Waals surface area (Å²) in [6, 6.07) is 150. The Kier molecular flexibility index (Phi) is 22.3. The van der Waals surface area contributed by atoms with Crippen LogP contribution in [-0.4, -0.2) is 19.1 Å². The van der Waals surface area contributed by atoms with Gasteiger partial charge < -0.3 is 28.7 Å². The number of fused-ring (bicyclic) bond motifs is 8. The predicted octanol–water partition coefficient (Wildman–Crippen LogP) is 32.8. The van der Waals surface area contributed by atoms with E-state index in [0.717, 1.165) is 135 Å². The number of hydrogen-bond acceptors (Lipinski definition) is 6. The standard InChI is InChI=1S/C48H36N2.C36H26N4.C34H28N2/c1-3-35-13-9-19-43(33-35)49(47-23-11-17-39-15-5-7-21-45(39)47)41-29-25-37(26-30-41)38-27-31-42(32-28-38)50(44-20-10-14-36(4-2)34-44)48-24-12-18-40-16-6-8-22-46(40)48;1-23-21-25(39-31-11-5-3-9-29(31)35-33(39)13-7-19-37-35)15-17-27(23)28-18-16-26(22-24(28)2)40-32-12-6-4-10-30(32)36-34(40)14-8-20-38-36;1-3-27-13-11-19-33(25-27)35(29-15-7-5-8-16-29)31-21-23-32(24-22-31)36(30-17-9-6-10-18-30)34-20-12-14-28(4-2)26-34/h3-34H,1-2H2;3-22H,1-2H3;3-26H,1-2H2. The molecule has 17 aromatic carbocycles. The van der Waals surface area contributed by atoms with Gasteiger partial charge in [-0.05, 0) is 274 Å². The first-order valence-corrected chi connectivity index (χ1v) is 42.5. The second-order valence-corrected chi connectivity index (χ2v) is 31.3. The highest BCUT2D eigenvalue weighted by atomic mass is 15.2. The molecule has 4 heterocycles. The van der Waals surface area contributed by atoms with Crippen LogP contribution in [0.3, 0.4) is 0 Å². The van der Waals surface area contributed by atoms with Crippen molar-refractivity contribution in [2.45, 2.75) is 13.8 Å². The Morgan fingerprint density at radius 3 is 0.881 bits per heavy atom. The molecule has 0 unspecified atom stereocenters. The van der Waals surface area contributed by atoms with Crippen molar-refractivity contribution in [2.24, 2.45) is 0 Å². The predicted molar refractivity (Wildman–Crippen MR) is 538 cm³/mol. The summed E-state index contributed by atoms with van der Waals surface area (Å²) < 4.78 is 4.64. The van der Waals surface area contributed by atoms with E-state index in [1.807, 2.05) is 61.0 Å². The second-order valence-electron chi connectivity index (χ2n) is 31.3. The van der Waals surface area contributed by atoms with Crippen molar-refractivity contribution in [1.82, 2.24) is 19.1 Å². The van der Waals surface area contributed by atoms with E-state index in [-0.39, 0.29) is 0 Å². The molecule has 126 heavy (non-hydrogen) atoms. The summed E-state index contributed by atoms with van der Waals surface area (Å²) in [6.07, 6.45) is 11.3. The van der Waals surface area contributed by atoms with Crippen LogP contribution in [0.4, 0.5) is 68.2 Å². The van der Waals surface area contributed by atoms with E-state index >= 15 is 0 Å². The van der Waals surface area contributed by atoms with Crippen molar-refractivity contribution < 1.29 is 0 Å². The Hall–Kier alpha value is -16.7. The minimum atomic E-state index is 1.03. The molecule has 0 amide bonds. The lowest BCUT2D eigenvalue weighted by Crippen LogP contribution is -2.12. The number of benzene rings is 17. The van der Waals surface area contributed by atoms with Crippen molar-refractivity contribution in [3.63, 3.8) is 0 Å². The zero-order valence-corrected chi connectivity index (χ0v) is 70.3. The molecule has 8 heteroatoms. The van der Waals surface area contributed by atoms with Crippen LogP contribution in [0.25, 0.3) is 123 Å². The van der Waals surface area contributed by atoms with Crippen LogP contribution in [0.1, 0.15) is 33.4 Å². The van der Waals surface area contributed by atoms with Crippen LogP contribution in [0.5, 0.6) is 0 Å². The molecule has 0 bridgehead atoms. The summed E-state index contributed by atoms with van der Waals surface area (Å²) >= 11 is 0. The maximum Gasteiger partial charge on any atom is 0.0963 e. The van der Waals surface area contributed by atoms with Crippen LogP contribution >= 0.6 is 0 Å². The number of aromatic nitrogens is 4. The SMILES string of the molecule is C=Cc1cccc(N(c2ccc(-c3ccc(N(c4cccc(C=C)c4)c4cccc5ccccc45)cc3)cc2)c2cccc3ccccc23)c1.C=Cc1cccc(N(c2ccccc2)c2ccc(N(c3ccccc3)c3cccc(C=C)c3)cc2)c1.Cc1cc(-n2c3ccccc3c3ncccc32)ccc1-c1ccc(-n2c3ccccc3c3ncccc32)cc1C. The van der Waals surface area contributed by atoms with E-state index in [9.17, 15) is 0 Å². The molecule has 0 spiro atoms. The van der Waals surface area contributed by atoms with Gasteiger partial charge in [-0.2, -0.15) is 0 Å². The van der Waals surface area contributed by atoms with Gasteiger partial charge in [0, 0.05) is 102 Å². The monoisotopic (exact) mass is 1620 g/mol. The average Bonchev–Trinajstić information content (AvgIpc) is 1.61. The quantitative estimate of drug-likeness (QED) is 0.0758. The van der Waals surface area contributed by atoms with Crippen LogP contribution in [-0.2, 0) is 0 Å². The molecule has 0 fully saturated rings. The Morgan fingerprint density at radius 1 is 0.230 bits per heavy atom. The molecule has 602 valence electrons. The zero-order chi connectivity index (χ0) is 85.4. The molecule has 0 N–H and O–H groups in total. The Labute approximate surface area is 736 Å². The molecule has 0 radical (unpaired) electrons. The molecule has 0 atom stereocenters. The highest BCUT2D eigenvalue weighted by Gasteiger charge is 2.23. The largest absolute Gasteiger partial charge is 0.310 e. The van der Waals surface area contributed by atoms with Crippen molar-refractivity contribution in [2.75, 3.05) is 19.6 Å². The smallest absolute Gasteiger partial charge is 0.0963 e. The van der Waals surface area contributed by atoms with Gasteiger partial charge in [0.05, 0.1) is 44.5 Å². The van der Waals surface area contributed by atoms with Gasteiger partial charge in [0.2, 0.25) is 0 Å². The number of rotatable bonds is 20. The van der Waals surface area contributed by atoms with E-state index in [2.05, 4.69) is 469 Å².